The number of anilines is 2. The fourth-order valence-electron chi connectivity index (χ4n) is 3.36. The van der Waals surface area contributed by atoms with Crippen molar-refractivity contribution in [2.75, 3.05) is 10.6 Å². The average molecular weight is 359 g/mol. The maximum atomic E-state index is 10.7. The second-order valence-corrected chi connectivity index (χ2v) is 6.76. The fraction of sp³-hybridized carbons (Fsp3) is 0.238. The number of aldehydes is 1. The maximum Gasteiger partial charge on any atom is 0.228 e. The highest BCUT2D eigenvalue weighted by Crippen LogP contribution is 2.23. The minimum atomic E-state index is 0.299. The van der Waals surface area contributed by atoms with E-state index in [-0.39, 0.29) is 0 Å². The van der Waals surface area contributed by atoms with Crippen molar-refractivity contribution in [2.45, 2.75) is 32.4 Å². The standard InChI is InChI=1S/C21H21N5O/c1-14-23-20(22-12-15-6-8-16(13-27)9-7-15)26-21(24-14)25-19-10-17-4-2-3-5-18(17)11-19/h2-9,13,19H,10-12H2,1H3,(H2,22,23,24,25,26). The summed E-state index contributed by atoms with van der Waals surface area (Å²) in [5.41, 5.74) is 4.49. The van der Waals surface area contributed by atoms with E-state index in [4.69, 9.17) is 0 Å². The Labute approximate surface area is 158 Å². The number of carbonyl (C=O) groups excluding carboxylic acids is 1. The third-order valence-corrected chi connectivity index (χ3v) is 4.70. The highest BCUT2D eigenvalue weighted by atomic mass is 16.1. The summed E-state index contributed by atoms with van der Waals surface area (Å²) in [7, 11) is 0. The Bertz CT molecular complexity index is 930. The molecule has 1 aliphatic rings. The Kier molecular flexibility index (Phi) is 4.78. The monoisotopic (exact) mass is 359 g/mol. The summed E-state index contributed by atoms with van der Waals surface area (Å²) < 4.78 is 0. The zero-order chi connectivity index (χ0) is 18.6. The van der Waals surface area contributed by atoms with Crippen LogP contribution >= 0.6 is 0 Å². The van der Waals surface area contributed by atoms with Gasteiger partial charge in [0.1, 0.15) is 12.1 Å². The van der Waals surface area contributed by atoms with Gasteiger partial charge in [0.15, 0.2) is 0 Å². The molecule has 4 rings (SSSR count). The lowest BCUT2D eigenvalue weighted by Gasteiger charge is -2.13. The molecule has 1 aromatic heterocycles. The molecule has 2 aromatic carbocycles. The first-order valence-corrected chi connectivity index (χ1v) is 9.03. The first kappa shape index (κ1) is 17.1. The molecule has 0 unspecified atom stereocenters. The number of nitrogens with zero attached hydrogens (tertiary/aromatic N) is 3. The van der Waals surface area contributed by atoms with Crippen molar-refractivity contribution in [3.05, 3.63) is 76.6 Å². The first-order valence-electron chi connectivity index (χ1n) is 9.03. The van der Waals surface area contributed by atoms with Crippen LogP contribution in [0.1, 0.15) is 32.9 Å². The molecule has 0 atom stereocenters. The summed E-state index contributed by atoms with van der Waals surface area (Å²) in [6.45, 7) is 2.44. The smallest absolute Gasteiger partial charge is 0.228 e. The second kappa shape index (κ2) is 7.53. The summed E-state index contributed by atoms with van der Waals surface area (Å²) in [6.07, 6.45) is 2.80. The predicted molar refractivity (Wildman–Crippen MR) is 105 cm³/mol. The molecule has 2 N–H and O–H groups in total. The van der Waals surface area contributed by atoms with Crippen LogP contribution in [0.3, 0.4) is 0 Å². The van der Waals surface area contributed by atoms with Gasteiger partial charge >= 0.3 is 0 Å². The molecule has 0 aliphatic heterocycles. The van der Waals surface area contributed by atoms with Gasteiger partial charge in [-0.1, -0.05) is 48.5 Å². The minimum absolute atomic E-state index is 0.299. The number of carbonyl (C=O) groups is 1. The number of aryl methyl sites for hydroxylation is 1. The van der Waals surface area contributed by atoms with Gasteiger partial charge in [-0.2, -0.15) is 15.0 Å². The van der Waals surface area contributed by atoms with Crippen LogP contribution in [0.15, 0.2) is 48.5 Å². The van der Waals surface area contributed by atoms with E-state index in [0.717, 1.165) is 24.7 Å². The van der Waals surface area contributed by atoms with Gasteiger partial charge in [-0.15, -0.1) is 0 Å². The van der Waals surface area contributed by atoms with Crippen LogP contribution in [0.25, 0.3) is 0 Å². The van der Waals surface area contributed by atoms with Crippen molar-refractivity contribution in [3.63, 3.8) is 0 Å². The molecular formula is C21H21N5O. The van der Waals surface area contributed by atoms with E-state index < -0.39 is 0 Å². The van der Waals surface area contributed by atoms with Crippen molar-refractivity contribution in [1.29, 1.82) is 0 Å². The van der Waals surface area contributed by atoms with Crippen LogP contribution in [0.5, 0.6) is 0 Å². The van der Waals surface area contributed by atoms with Gasteiger partial charge in [-0.25, -0.2) is 0 Å². The van der Waals surface area contributed by atoms with E-state index in [0.29, 0.717) is 35.9 Å². The van der Waals surface area contributed by atoms with E-state index in [1.165, 1.54) is 11.1 Å². The number of hydrogen-bond donors (Lipinski definition) is 2. The van der Waals surface area contributed by atoms with Crippen molar-refractivity contribution in [2.24, 2.45) is 0 Å². The number of hydrogen-bond acceptors (Lipinski definition) is 6. The van der Waals surface area contributed by atoms with E-state index in [1.807, 2.05) is 19.1 Å². The molecular weight excluding hydrogens is 338 g/mol. The third kappa shape index (κ3) is 4.11. The number of nitrogens with one attached hydrogen (secondary N) is 2. The summed E-state index contributed by atoms with van der Waals surface area (Å²) in [4.78, 5) is 24.0. The molecule has 6 nitrogen and oxygen atoms in total. The van der Waals surface area contributed by atoms with Gasteiger partial charge in [0.05, 0.1) is 0 Å². The Hall–Kier alpha value is -3.28. The molecule has 6 heteroatoms. The Morgan fingerprint density at radius 1 is 0.963 bits per heavy atom. The average Bonchev–Trinajstić information content (AvgIpc) is 3.08. The largest absolute Gasteiger partial charge is 0.351 e. The van der Waals surface area contributed by atoms with Gasteiger partial charge < -0.3 is 10.6 Å². The van der Waals surface area contributed by atoms with Crippen molar-refractivity contribution < 1.29 is 4.79 Å². The zero-order valence-corrected chi connectivity index (χ0v) is 15.1. The number of aromatic nitrogens is 3. The molecule has 1 heterocycles. The fourth-order valence-corrected chi connectivity index (χ4v) is 3.36. The molecule has 3 aromatic rings. The molecule has 1 aliphatic carbocycles. The van der Waals surface area contributed by atoms with Gasteiger partial charge in [-0.3, -0.25) is 4.79 Å². The van der Waals surface area contributed by atoms with Crippen LogP contribution in [0, 0.1) is 6.92 Å². The molecule has 0 bridgehead atoms. The quantitative estimate of drug-likeness (QED) is 0.658. The summed E-state index contributed by atoms with van der Waals surface area (Å²) >= 11 is 0. The van der Waals surface area contributed by atoms with Crippen LogP contribution in [0.4, 0.5) is 11.9 Å². The van der Waals surface area contributed by atoms with E-state index in [9.17, 15) is 4.79 Å². The molecule has 0 saturated heterocycles. The van der Waals surface area contributed by atoms with Crippen LogP contribution in [-0.2, 0) is 19.4 Å². The first-order chi connectivity index (χ1) is 13.2. The maximum absolute atomic E-state index is 10.7. The zero-order valence-electron chi connectivity index (χ0n) is 15.1. The Balaban J connectivity index is 1.41. The van der Waals surface area contributed by atoms with Gasteiger partial charge in [0.25, 0.3) is 0 Å². The normalized spacial score (nSPS) is 13.2. The van der Waals surface area contributed by atoms with Crippen LogP contribution in [0.2, 0.25) is 0 Å². The molecule has 0 amide bonds. The Morgan fingerprint density at radius 3 is 2.30 bits per heavy atom. The third-order valence-electron chi connectivity index (χ3n) is 4.70. The van der Waals surface area contributed by atoms with E-state index >= 15 is 0 Å². The molecule has 0 fully saturated rings. The lowest BCUT2D eigenvalue weighted by atomic mass is 10.1. The van der Waals surface area contributed by atoms with E-state index in [2.05, 4.69) is 49.9 Å². The molecule has 0 radical (unpaired) electrons. The highest BCUT2D eigenvalue weighted by molar-refractivity contribution is 5.74. The molecule has 0 saturated carbocycles. The van der Waals surface area contributed by atoms with Crippen molar-refractivity contribution in [1.82, 2.24) is 15.0 Å². The van der Waals surface area contributed by atoms with Gasteiger partial charge in [0.2, 0.25) is 11.9 Å². The predicted octanol–water partition coefficient (Wildman–Crippen LogP) is 3.18. The number of rotatable bonds is 6. The number of benzene rings is 2. The number of fused-ring (bicyclic) bond motifs is 1. The SMILES string of the molecule is Cc1nc(NCc2ccc(C=O)cc2)nc(NC2Cc3ccccc3C2)n1. The van der Waals surface area contributed by atoms with Gasteiger partial charge in [0, 0.05) is 18.2 Å². The summed E-state index contributed by atoms with van der Waals surface area (Å²) in [5.74, 6) is 1.81. The highest BCUT2D eigenvalue weighted by Gasteiger charge is 2.21. The van der Waals surface area contributed by atoms with Crippen molar-refractivity contribution >= 4 is 18.2 Å². The van der Waals surface area contributed by atoms with Crippen molar-refractivity contribution in [3.8, 4) is 0 Å². The lowest BCUT2D eigenvalue weighted by Crippen LogP contribution is -2.22. The minimum Gasteiger partial charge on any atom is -0.351 e. The molecule has 0 spiro atoms. The molecule has 136 valence electrons. The molecule has 27 heavy (non-hydrogen) atoms. The van der Waals surface area contributed by atoms with Gasteiger partial charge in [-0.05, 0) is 36.5 Å². The lowest BCUT2D eigenvalue weighted by molar-refractivity contribution is 0.112. The van der Waals surface area contributed by atoms with Crippen LogP contribution < -0.4 is 10.6 Å². The van der Waals surface area contributed by atoms with E-state index in [1.54, 1.807) is 12.1 Å². The topological polar surface area (TPSA) is 79.8 Å². The second-order valence-electron chi connectivity index (χ2n) is 6.76. The Morgan fingerprint density at radius 2 is 1.63 bits per heavy atom. The summed E-state index contributed by atoms with van der Waals surface area (Å²) in [5, 5.41) is 6.67. The summed E-state index contributed by atoms with van der Waals surface area (Å²) in [6, 6.07) is 16.3. The van der Waals surface area contributed by atoms with Crippen LogP contribution in [-0.4, -0.2) is 27.3 Å².